The van der Waals surface area contributed by atoms with Gasteiger partial charge in [-0.15, -0.1) is 0 Å². The second-order valence-electron chi connectivity index (χ2n) is 4.96. The van der Waals surface area contributed by atoms with E-state index >= 15 is 0 Å². The second kappa shape index (κ2) is 4.97. The Hall–Kier alpha value is -0.0800. The molecule has 1 aliphatic rings. The van der Waals surface area contributed by atoms with Crippen LogP contribution in [0.4, 0.5) is 0 Å². The van der Waals surface area contributed by atoms with E-state index in [4.69, 9.17) is 5.73 Å². The van der Waals surface area contributed by atoms with Crippen LogP contribution in [0.5, 0.6) is 0 Å². The molecule has 0 radical (unpaired) electrons. The van der Waals surface area contributed by atoms with Crippen molar-refractivity contribution >= 4 is 0 Å². The molecule has 0 aromatic rings. The normalized spacial score (nSPS) is 29.3. The van der Waals surface area contributed by atoms with E-state index in [0.717, 1.165) is 31.0 Å². The Balaban J connectivity index is 2.08. The fourth-order valence-corrected chi connectivity index (χ4v) is 1.85. The SMILES string of the molecule is CC(C)CC(CN)CNC1CC1C. The largest absolute Gasteiger partial charge is 0.330 e. The van der Waals surface area contributed by atoms with Gasteiger partial charge >= 0.3 is 0 Å². The summed E-state index contributed by atoms with van der Waals surface area (Å²) < 4.78 is 0. The molecule has 1 aliphatic carbocycles. The van der Waals surface area contributed by atoms with Gasteiger partial charge in [-0.2, -0.15) is 0 Å². The molecule has 1 rings (SSSR count). The first-order valence-corrected chi connectivity index (χ1v) is 5.57. The van der Waals surface area contributed by atoms with Gasteiger partial charge in [0.2, 0.25) is 0 Å². The first kappa shape index (κ1) is 11.0. The molecule has 0 aliphatic heterocycles. The Morgan fingerprint density at radius 2 is 2.08 bits per heavy atom. The lowest BCUT2D eigenvalue weighted by Gasteiger charge is -2.17. The molecular weight excluding hydrogens is 160 g/mol. The van der Waals surface area contributed by atoms with Crippen molar-refractivity contribution in [3.8, 4) is 0 Å². The summed E-state index contributed by atoms with van der Waals surface area (Å²) in [6.45, 7) is 8.78. The topological polar surface area (TPSA) is 38.0 Å². The minimum atomic E-state index is 0.674. The molecule has 1 saturated carbocycles. The van der Waals surface area contributed by atoms with Crippen LogP contribution >= 0.6 is 0 Å². The zero-order valence-corrected chi connectivity index (χ0v) is 9.22. The van der Waals surface area contributed by atoms with Crippen LogP contribution in [0, 0.1) is 17.8 Å². The Morgan fingerprint density at radius 1 is 1.46 bits per heavy atom. The Morgan fingerprint density at radius 3 is 2.46 bits per heavy atom. The summed E-state index contributed by atoms with van der Waals surface area (Å²) in [5.74, 6) is 2.34. The maximum absolute atomic E-state index is 5.72. The van der Waals surface area contributed by atoms with Crippen LogP contribution in [0.1, 0.15) is 33.6 Å². The Bertz CT molecular complexity index is 145. The van der Waals surface area contributed by atoms with Gasteiger partial charge in [0.1, 0.15) is 0 Å². The van der Waals surface area contributed by atoms with E-state index in [2.05, 4.69) is 26.1 Å². The highest BCUT2D eigenvalue weighted by molar-refractivity contribution is 4.90. The minimum Gasteiger partial charge on any atom is -0.330 e. The highest BCUT2D eigenvalue weighted by Crippen LogP contribution is 2.29. The molecule has 78 valence electrons. The second-order valence-corrected chi connectivity index (χ2v) is 4.96. The van der Waals surface area contributed by atoms with Gasteiger partial charge in [-0.05, 0) is 43.7 Å². The van der Waals surface area contributed by atoms with Crippen LogP contribution in [0.25, 0.3) is 0 Å². The van der Waals surface area contributed by atoms with Crippen molar-refractivity contribution in [1.82, 2.24) is 5.32 Å². The van der Waals surface area contributed by atoms with E-state index in [1.54, 1.807) is 0 Å². The van der Waals surface area contributed by atoms with E-state index in [-0.39, 0.29) is 0 Å². The molecule has 2 heteroatoms. The average Bonchev–Trinajstić information content (AvgIpc) is 2.75. The number of hydrogen-bond acceptors (Lipinski definition) is 2. The Kier molecular flexibility index (Phi) is 4.20. The summed E-state index contributed by atoms with van der Waals surface area (Å²) in [5, 5.41) is 3.58. The fourth-order valence-electron chi connectivity index (χ4n) is 1.85. The summed E-state index contributed by atoms with van der Waals surface area (Å²) in [6, 6.07) is 0.793. The van der Waals surface area contributed by atoms with E-state index in [0.29, 0.717) is 5.92 Å². The molecule has 3 unspecified atom stereocenters. The van der Waals surface area contributed by atoms with Crippen molar-refractivity contribution in [3.05, 3.63) is 0 Å². The highest BCUT2D eigenvalue weighted by atomic mass is 15.0. The van der Waals surface area contributed by atoms with Crippen molar-refractivity contribution in [2.24, 2.45) is 23.5 Å². The van der Waals surface area contributed by atoms with Gasteiger partial charge in [0.05, 0.1) is 0 Å². The fraction of sp³-hybridized carbons (Fsp3) is 1.00. The lowest BCUT2D eigenvalue weighted by molar-refractivity contribution is 0.391. The molecule has 2 nitrogen and oxygen atoms in total. The van der Waals surface area contributed by atoms with Crippen LogP contribution in [0.15, 0.2) is 0 Å². The molecule has 0 aromatic heterocycles. The summed E-state index contributed by atoms with van der Waals surface area (Å²) >= 11 is 0. The van der Waals surface area contributed by atoms with E-state index in [1.807, 2.05) is 0 Å². The zero-order chi connectivity index (χ0) is 9.84. The van der Waals surface area contributed by atoms with Crippen molar-refractivity contribution in [1.29, 1.82) is 0 Å². The third-order valence-corrected chi connectivity index (χ3v) is 2.92. The third kappa shape index (κ3) is 4.10. The summed E-state index contributed by atoms with van der Waals surface area (Å²) in [5.41, 5.74) is 5.72. The molecule has 0 heterocycles. The molecule has 0 saturated heterocycles. The van der Waals surface area contributed by atoms with Crippen molar-refractivity contribution in [2.45, 2.75) is 39.7 Å². The van der Waals surface area contributed by atoms with E-state index in [9.17, 15) is 0 Å². The van der Waals surface area contributed by atoms with E-state index < -0.39 is 0 Å². The van der Waals surface area contributed by atoms with Gasteiger partial charge in [-0.3, -0.25) is 0 Å². The summed E-state index contributed by atoms with van der Waals surface area (Å²) in [7, 11) is 0. The van der Waals surface area contributed by atoms with Gasteiger partial charge < -0.3 is 11.1 Å². The maximum atomic E-state index is 5.72. The molecule has 0 aromatic carbocycles. The minimum absolute atomic E-state index is 0.674. The van der Waals surface area contributed by atoms with Gasteiger partial charge in [0.15, 0.2) is 0 Å². The first-order valence-electron chi connectivity index (χ1n) is 5.57. The van der Waals surface area contributed by atoms with Crippen molar-refractivity contribution in [2.75, 3.05) is 13.1 Å². The van der Waals surface area contributed by atoms with Crippen LogP contribution in [-0.2, 0) is 0 Å². The monoisotopic (exact) mass is 184 g/mol. The molecule has 0 spiro atoms. The molecule has 0 amide bonds. The average molecular weight is 184 g/mol. The van der Waals surface area contributed by atoms with Crippen LogP contribution in [0.3, 0.4) is 0 Å². The summed E-state index contributed by atoms with van der Waals surface area (Å²) in [6.07, 6.45) is 2.61. The first-order chi connectivity index (χ1) is 6.13. The van der Waals surface area contributed by atoms with Gasteiger partial charge in [0, 0.05) is 6.04 Å². The number of hydrogen-bond donors (Lipinski definition) is 2. The molecule has 0 bridgehead atoms. The van der Waals surface area contributed by atoms with Crippen LogP contribution in [-0.4, -0.2) is 19.1 Å². The number of nitrogens with one attached hydrogen (secondary N) is 1. The van der Waals surface area contributed by atoms with Gasteiger partial charge in [-0.25, -0.2) is 0 Å². The highest BCUT2D eigenvalue weighted by Gasteiger charge is 2.32. The molecule has 3 atom stereocenters. The van der Waals surface area contributed by atoms with Crippen molar-refractivity contribution < 1.29 is 0 Å². The maximum Gasteiger partial charge on any atom is 0.00965 e. The standard InChI is InChI=1S/C11H24N2/c1-8(2)4-10(6-12)7-13-11-5-9(11)3/h8-11,13H,4-7,12H2,1-3H3. The lowest BCUT2D eigenvalue weighted by atomic mass is 9.97. The van der Waals surface area contributed by atoms with Crippen molar-refractivity contribution in [3.63, 3.8) is 0 Å². The van der Waals surface area contributed by atoms with Crippen LogP contribution < -0.4 is 11.1 Å². The van der Waals surface area contributed by atoms with E-state index in [1.165, 1.54) is 12.8 Å². The number of rotatable bonds is 6. The molecule has 3 N–H and O–H groups in total. The Labute approximate surface area is 82.3 Å². The molecule has 1 fully saturated rings. The lowest BCUT2D eigenvalue weighted by Crippen LogP contribution is -2.31. The quantitative estimate of drug-likeness (QED) is 0.658. The van der Waals surface area contributed by atoms with Gasteiger partial charge in [0.25, 0.3) is 0 Å². The predicted octanol–water partition coefficient (Wildman–Crippen LogP) is 1.61. The number of nitrogens with two attached hydrogens (primary N) is 1. The zero-order valence-electron chi connectivity index (χ0n) is 9.22. The summed E-state index contributed by atoms with van der Waals surface area (Å²) in [4.78, 5) is 0. The third-order valence-electron chi connectivity index (χ3n) is 2.92. The molecule has 13 heavy (non-hydrogen) atoms. The van der Waals surface area contributed by atoms with Gasteiger partial charge in [-0.1, -0.05) is 20.8 Å². The molecular formula is C11H24N2. The smallest absolute Gasteiger partial charge is 0.00965 e. The van der Waals surface area contributed by atoms with Crippen LogP contribution in [0.2, 0.25) is 0 Å². The predicted molar refractivity (Wildman–Crippen MR) is 57.6 cm³/mol.